The van der Waals surface area contributed by atoms with Crippen LogP contribution in [0.15, 0.2) is 310 Å². The summed E-state index contributed by atoms with van der Waals surface area (Å²) in [5, 5.41) is 4.79. The molecule has 0 saturated heterocycles. The maximum atomic E-state index is 6.60. The van der Waals surface area contributed by atoms with Crippen LogP contribution in [0.2, 0.25) is 0 Å². The molecule has 0 spiro atoms. The Morgan fingerprint density at radius 1 is 0.402 bits per heavy atom. The fourth-order valence-corrected chi connectivity index (χ4v) is 14.2. The van der Waals surface area contributed by atoms with E-state index in [-0.39, 0.29) is 5.41 Å². The van der Waals surface area contributed by atoms with Crippen molar-refractivity contribution in [1.82, 2.24) is 4.57 Å². The zero-order valence-corrected chi connectivity index (χ0v) is 52.5. The van der Waals surface area contributed by atoms with Gasteiger partial charge < -0.3 is 14.2 Å². The van der Waals surface area contributed by atoms with E-state index in [9.17, 15) is 0 Å². The van der Waals surface area contributed by atoms with Crippen LogP contribution in [0.3, 0.4) is 0 Å². The van der Waals surface area contributed by atoms with Crippen LogP contribution in [0.1, 0.15) is 73.4 Å². The van der Waals surface area contributed by atoms with Gasteiger partial charge >= 0.3 is 0 Å². The van der Waals surface area contributed by atoms with Crippen molar-refractivity contribution in [3.63, 3.8) is 0 Å². The summed E-state index contributed by atoms with van der Waals surface area (Å²) in [5.41, 5.74) is 26.0. The Morgan fingerprint density at radius 3 is 1.46 bits per heavy atom. The van der Waals surface area contributed by atoms with Gasteiger partial charge in [0.15, 0.2) is 0 Å². The van der Waals surface area contributed by atoms with Gasteiger partial charge in [0.2, 0.25) is 0 Å². The Hall–Kier alpha value is -11.0. The highest BCUT2D eigenvalue weighted by atomic mass is 16.5. The third kappa shape index (κ3) is 10.7. The summed E-state index contributed by atoms with van der Waals surface area (Å²) in [5.74, 6) is 0.896. The summed E-state index contributed by atoms with van der Waals surface area (Å²) < 4.78 is 9.00. The van der Waals surface area contributed by atoms with E-state index in [1.165, 1.54) is 99.3 Å². The normalized spacial score (nSPS) is 13.5. The van der Waals surface area contributed by atoms with Gasteiger partial charge in [-0.1, -0.05) is 252 Å². The van der Waals surface area contributed by atoms with Crippen LogP contribution >= 0.6 is 0 Å². The lowest BCUT2D eigenvalue weighted by atomic mass is 9.69. The highest BCUT2D eigenvalue weighted by Crippen LogP contribution is 2.56. The van der Waals surface area contributed by atoms with Crippen molar-refractivity contribution in [3.8, 4) is 67.1 Å². The Morgan fingerprint density at radius 2 is 0.870 bits per heavy atom. The van der Waals surface area contributed by atoms with Gasteiger partial charge in [-0.25, -0.2) is 0 Å². The van der Waals surface area contributed by atoms with Crippen molar-refractivity contribution in [2.75, 3.05) is 11.5 Å². The maximum Gasteiger partial charge on any atom is 0.119 e. The standard InChI is InChI=1S/C89H72N2O/c1-6-61-24-28-65(29-25-61)68-32-33-70-57-79(50-40-69(70)56-68)92-55-17-16-54-89(74-18-10-8-11-19-74)84-23-15-14-22-80(84)81-51-49-78(60-85(81)89)90(76-45-36-64(37-46-76)63-34-43-73(44-35-63)88(3,4)5)77-47-38-67(39-48-77)72-42-53-87-83(59-72)82-58-71(66-30-26-62(7-2)27-31-66)41-52-86(82)91(87)75-20-12-9-13-21-75/h6-15,18-53,56-60H,1-2,16-17,54-55H2,3-5H3. The molecular formula is C89H72N2O. The van der Waals surface area contributed by atoms with E-state index in [1.807, 2.05) is 12.2 Å². The SMILES string of the molecule is C=Cc1ccc(-c2ccc3cc(OCCCCC4(c5ccccc5)c5ccccc5-c5ccc(N(c6ccc(-c7ccc(C(C)(C)C)cc7)cc6)c6ccc(-c7ccc8c(c7)c7cc(-c9ccc(C=C)cc9)ccc7n8-c7ccccc7)cc6)cc54)ccc3c2)cc1. The number of benzene rings is 13. The molecule has 1 aromatic heterocycles. The number of ether oxygens (including phenoxy) is 1. The number of para-hydroxylation sites is 1. The Labute approximate surface area is 541 Å². The number of hydrogen-bond donors (Lipinski definition) is 0. The molecule has 3 heteroatoms. The lowest BCUT2D eigenvalue weighted by Gasteiger charge is -2.34. The van der Waals surface area contributed by atoms with Crippen LogP contribution in [0.5, 0.6) is 5.75 Å². The van der Waals surface area contributed by atoms with E-state index in [0.717, 1.165) is 70.0 Å². The summed E-state index contributed by atoms with van der Waals surface area (Å²) >= 11 is 0. The molecular weight excluding hydrogens is 1110 g/mol. The average Bonchev–Trinajstić information content (AvgIpc) is 1.56. The molecule has 0 N–H and O–H groups in total. The van der Waals surface area contributed by atoms with Crippen LogP contribution in [-0.4, -0.2) is 11.2 Å². The molecule has 3 nitrogen and oxygen atoms in total. The molecule has 444 valence electrons. The number of hydrogen-bond acceptors (Lipinski definition) is 2. The van der Waals surface area contributed by atoms with Crippen LogP contribution in [0.4, 0.5) is 17.1 Å². The predicted molar refractivity (Wildman–Crippen MR) is 391 cm³/mol. The molecule has 1 heterocycles. The van der Waals surface area contributed by atoms with Crippen molar-refractivity contribution in [2.24, 2.45) is 0 Å². The zero-order chi connectivity index (χ0) is 62.3. The van der Waals surface area contributed by atoms with Gasteiger partial charge in [0.1, 0.15) is 5.75 Å². The van der Waals surface area contributed by atoms with Gasteiger partial charge in [0.05, 0.1) is 17.6 Å². The number of aromatic nitrogens is 1. The number of anilines is 3. The monoisotopic (exact) mass is 1180 g/mol. The number of unbranched alkanes of at least 4 members (excludes halogenated alkanes) is 1. The quantitative estimate of drug-likeness (QED) is 0.0846. The van der Waals surface area contributed by atoms with E-state index < -0.39 is 5.41 Å². The molecule has 0 fully saturated rings. The third-order valence-electron chi connectivity index (χ3n) is 19.1. The molecule has 1 aliphatic rings. The molecule has 14 aromatic rings. The molecule has 92 heavy (non-hydrogen) atoms. The van der Waals surface area contributed by atoms with E-state index in [4.69, 9.17) is 4.74 Å². The fourth-order valence-electron chi connectivity index (χ4n) is 14.2. The Bertz CT molecular complexity index is 5030. The highest BCUT2D eigenvalue weighted by Gasteiger charge is 2.44. The average molecular weight is 1190 g/mol. The molecule has 1 aliphatic carbocycles. The third-order valence-corrected chi connectivity index (χ3v) is 19.1. The van der Waals surface area contributed by atoms with Gasteiger partial charge in [0, 0.05) is 38.9 Å². The van der Waals surface area contributed by atoms with Crippen molar-refractivity contribution < 1.29 is 4.74 Å². The summed E-state index contributed by atoms with van der Waals surface area (Å²) in [6.07, 6.45) is 6.56. The summed E-state index contributed by atoms with van der Waals surface area (Å²) in [6.45, 7) is 15.3. The van der Waals surface area contributed by atoms with Crippen LogP contribution < -0.4 is 9.64 Å². The molecule has 0 aliphatic heterocycles. The van der Waals surface area contributed by atoms with E-state index in [1.54, 1.807) is 0 Å². The minimum absolute atomic E-state index is 0.0756. The summed E-state index contributed by atoms with van der Waals surface area (Å²) in [7, 11) is 0. The molecule has 0 amide bonds. The smallest absolute Gasteiger partial charge is 0.119 e. The molecule has 0 bridgehead atoms. The van der Waals surface area contributed by atoms with Gasteiger partial charge in [-0.05, 0) is 215 Å². The lowest BCUT2D eigenvalue weighted by molar-refractivity contribution is 0.301. The Balaban J connectivity index is 0.782. The minimum atomic E-state index is -0.409. The van der Waals surface area contributed by atoms with Crippen molar-refractivity contribution in [2.45, 2.75) is 50.9 Å². The zero-order valence-electron chi connectivity index (χ0n) is 52.5. The van der Waals surface area contributed by atoms with Gasteiger partial charge in [-0.3, -0.25) is 0 Å². The van der Waals surface area contributed by atoms with Crippen molar-refractivity contribution in [1.29, 1.82) is 0 Å². The molecule has 1 atom stereocenters. The molecule has 15 rings (SSSR count). The lowest BCUT2D eigenvalue weighted by Crippen LogP contribution is -2.27. The van der Waals surface area contributed by atoms with Crippen LogP contribution in [0, 0.1) is 0 Å². The fraction of sp³-hybridized carbons (Fsp3) is 0.101. The van der Waals surface area contributed by atoms with Gasteiger partial charge in [0.25, 0.3) is 0 Å². The van der Waals surface area contributed by atoms with Crippen LogP contribution in [-0.2, 0) is 10.8 Å². The largest absolute Gasteiger partial charge is 0.494 e. The van der Waals surface area contributed by atoms with E-state index >= 15 is 0 Å². The van der Waals surface area contributed by atoms with Crippen molar-refractivity contribution >= 4 is 61.8 Å². The first-order valence-electron chi connectivity index (χ1n) is 32.3. The molecule has 0 saturated carbocycles. The van der Waals surface area contributed by atoms with Gasteiger partial charge in [-0.15, -0.1) is 0 Å². The molecule has 0 radical (unpaired) electrons. The topological polar surface area (TPSA) is 17.4 Å². The number of rotatable bonds is 17. The first-order valence-corrected chi connectivity index (χ1v) is 32.3. The van der Waals surface area contributed by atoms with Gasteiger partial charge in [-0.2, -0.15) is 0 Å². The molecule has 1 unspecified atom stereocenters. The first kappa shape index (κ1) is 57.4. The van der Waals surface area contributed by atoms with E-state index in [0.29, 0.717) is 6.61 Å². The number of fused-ring (bicyclic) bond motifs is 7. The second kappa shape index (κ2) is 24.1. The van der Waals surface area contributed by atoms with Crippen molar-refractivity contribution in [3.05, 3.63) is 344 Å². The predicted octanol–water partition coefficient (Wildman–Crippen LogP) is 24.2. The highest BCUT2D eigenvalue weighted by molar-refractivity contribution is 6.12. The summed E-state index contributed by atoms with van der Waals surface area (Å²) in [6, 6.07) is 110. The van der Waals surface area contributed by atoms with Crippen LogP contribution in [0.25, 0.3) is 106 Å². The molecule has 13 aromatic carbocycles. The second-order valence-electron chi connectivity index (χ2n) is 25.6. The first-order chi connectivity index (χ1) is 45.1. The minimum Gasteiger partial charge on any atom is -0.494 e. The maximum absolute atomic E-state index is 6.60. The Kier molecular flexibility index (Phi) is 15.0. The second-order valence-corrected chi connectivity index (χ2v) is 25.6. The summed E-state index contributed by atoms with van der Waals surface area (Å²) in [4.78, 5) is 2.45. The number of nitrogens with zero attached hydrogens (tertiary/aromatic N) is 2. The van der Waals surface area contributed by atoms with E-state index in [2.05, 4.69) is 341 Å².